The van der Waals surface area contributed by atoms with Crippen molar-refractivity contribution in [3.63, 3.8) is 0 Å². The molecule has 2 atom stereocenters. The number of rotatable bonds is 5. The third-order valence-electron chi connectivity index (χ3n) is 7.25. The maximum absolute atomic E-state index is 12.7. The lowest BCUT2D eigenvalue weighted by molar-refractivity contribution is -0.0189. The number of nitrogens with two attached hydrogens (primary N) is 1. The molecule has 0 saturated heterocycles. The van der Waals surface area contributed by atoms with Crippen LogP contribution in [-0.2, 0) is 11.2 Å². The SMILES string of the molecule is Nc1ccc(C(=O)Oc2ccccc2)c(O)c1.O=C(OC1Cc2c(O)cc(O)cc2OC1c1ccc(O)c(O)c1)c1cc(O)c(O)c(O)c1. The van der Waals surface area contributed by atoms with Gasteiger partial charge < -0.3 is 60.8 Å². The summed E-state index contributed by atoms with van der Waals surface area (Å²) in [6, 6.07) is 21.0. The molecule has 0 aliphatic carbocycles. The van der Waals surface area contributed by atoms with Gasteiger partial charge in [0.05, 0.1) is 5.56 Å². The number of hydrogen-bond acceptors (Lipinski definition) is 14. The predicted molar refractivity (Wildman–Crippen MR) is 171 cm³/mol. The number of ether oxygens (including phenoxy) is 3. The van der Waals surface area contributed by atoms with Crippen LogP contribution in [0.1, 0.15) is 37.9 Å². The van der Waals surface area contributed by atoms with Gasteiger partial charge in [0.15, 0.2) is 34.9 Å². The van der Waals surface area contributed by atoms with E-state index in [0.717, 1.165) is 18.2 Å². The number of nitrogen functional groups attached to an aromatic ring is 1. The van der Waals surface area contributed by atoms with E-state index in [0.29, 0.717) is 17.0 Å². The van der Waals surface area contributed by atoms with Gasteiger partial charge in [-0.1, -0.05) is 24.3 Å². The molecule has 1 heterocycles. The fraction of sp³-hybridized carbons (Fsp3) is 0.0857. The van der Waals surface area contributed by atoms with Crippen molar-refractivity contribution in [1.29, 1.82) is 0 Å². The highest BCUT2D eigenvalue weighted by molar-refractivity contribution is 5.94. The smallest absolute Gasteiger partial charge is 0.347 e. The number of hydrogen-bond donors (Lipinski definition) is 9. The molecule has 1 aliphatic rings. The summed E-state index contributed by atoms with van der Waals surface area (Å²) in [4.78, 5) is 24.4. The third kappa shape index (κ3) is 7.55. The van der Waals surface area contributed by atoms with E-state index >= 15 is 0 Å². The van der Waals surface area contributed by atoms with Crippen LogP contribution in [0.4, 0.5) is 5.69 Å². The van der Waals surface area contributed by atoms with Gasteiger partial charge >= 0.3 is 11.9 Å². The molecule has 5 aromatic carbocycles. The fourth-order valence-electron chi connectivity index (χ4n) is 4.85. The minimum absolute atomic E-state index is 0.0461. The van der Waals surface area contributed by atoms with Crippen molar-refractivity contribution in [2.45, 2.75) is 18.6 Å². The molecule has 14 nitrogen and oxygen atoms in total. The molecule has 1 aliphatic heterocycles. The number of anilines is 1. The topological polar surface area (TPSA) is 250 Å². The van der Waals surface area contributed by atoms with Crippen molar-refractivity contribution in [3.8, 4) is 57.5 Å². The average Bonchev–Trinajstić information content (AvgIpc) is 3.05. The fourth-order valence-corrected chi connectivity index (χ4v) is 4.85. The summed E-state index contributed by atoms with van der Waals surface area (Å²) in [6.07, 6.45) is -2.12. The Balaban J connectivity index is 0.000000232. The Bertz CT molecular complexity index is 2010. The normalized spacial score (nSPS) is 14.7. The molecule has 49 heavy (non-hydrogen) atoms. The summed E-state index contributed by atoms with van der Waals surface area (Å²) in [6.45, 7) is 0. The summed E-state index contributed by atoms with van der Waals surface area (Å²) in [5.41, 5.74) is 6.27. The number of carbonyl (C=O) groups is 2. The highest BCUT2D eigenvalue weighted by Crippen LogP contribution is 2.44. The van der Waals surface area contributed by atoms with Gasteiger partial charge in [0.2, 0.25) is 0 Å². The maximum atomic E-state index is 12.7. The van der Waals surface area contributed by atoms with E-state index in [1.165, 1.54) is 42.5 Å². The number of phenolic OH excluding ortho intramolecular Hbond substituents is 8. The molecule has 252 valence electrons. The van der Waals surface area contributed by atoms with Crippen LogP contribution in [0.5, 0.6) is 57.5 Å². The molecule has 0 saturated carbocycles. The zero-order valence-electron chi connectivity index (χ0n) is 25.2. The quantitative estimate of drug-likeness (QED) is 0.0531. The Kier molecular flexibility index (Phi) is 9.41. The number of carbonyl (C=O) groups excluding carboxylic acids is 2. The number of fused-ring (bicyclic) bond motifs is 1. The van der Waals surface area contributed by atoms with E-state index in [1.807, 2.05) is 6.07 Å². The first-order valence-corrected chi connectivity index (χ1v) is 14.4. The van der Waals surface area contributed by atoms with Gasteiger partial charge in [0.25, 0.3) is 0 Å². The second-order valence-electron chi connectivity index (χ2n) is 10.7. The minimum atomic E-state index is -1.06. The van der Waals surface area contributed by atoms with Crippen molar-refractivity contribution in [1.82, 2.24) is 0 Å². The third-order valence-corrected chi connectivity index (χ3v) is 7.25. The van der Waals surface area contributed by atoms with Crippen LogP contribution >= 0.6 is 0 Å². The average molecular weight is 672 g/mol. The molecule has 0 amide bonds. The Hall–Kier alpha value is -6.96. The van der Waals surface area contributed by atoms with Crippen molar-refractivity contribution in [2.24, 2.45) is 0 Å². The van der Waals surface area contributed by atoms with Gasteiger partial charge in [-0.3, -0.25) is 0 Å². The minimum Gasteiger partial charge on any atom is -0.508 e. The van der Waals surface area contributed by atoms with E-state index in [4.69, 9.17) is 19.9 Å². The number of para-hydroxylation sites is 1. The highest BCUT2D eigenvalue weighted by atomic mass is 16.6. The van der Waals surface area contributed by atoms with Crippen LogP contribution in [0.25, 0.3) is 0 Å². The van der Waals surface area contributed by atoms with Crippen LogP contribution in [0.2, 0.25) is 0 Å². The summed E-state index contributed by atoms with van der Waals surface area (Å²) >= 11 is 0. The van der Waals surface area contributed by atoms with Crippen LogP contribution in [0.3, 0.4) is 0 Å². The summed E-state index contributed by atoms with van der Waals surface area (Å²) < 4.78 is 16.5. The van der Waals surface area contributed by atoms with Crippen molar-refractivity contribution in [2.75, 3.05) is 5.73 Å². The molecule has 10 N–H and O–H groups in total. The summed E-state index contributed by atoms with van der Waals surface area (Å²) in [5, 5.41) is 77.8. The summed E-state index contributed by atoms with van der Waals surface area (Å²) in [5.74, 6) is -4.81. The maximum Gasteiger partial charge on any atom is 0.347 e. The van der Waals surface area contributed by atoms with Crippen molar-refractivity contribution >= 4 is 17.6 Å². The van der Waals surface area contributed by atoms with E-state index in [2.05, 4.69) is 0 Å². The summed E-state index contributed by atoms with van der Waals surface area (Å²) in [7, 11) is 0. The second kappa shape index (κ2) is 13.8. The number of benzene rings is 5. The Morgan fingerprint density at radius 1 is 0.673 bits per heavy atom. The zero-order chi connectivity index (χ0) is 35.4. The highest BCUT2D eigenvalue weighted by Gasteiger charge is 2.37. The molecule has 0 fully saturated rings. The predicted octanol–water partition coefficient (Wildman–Crippen LogP) is 4.72. The monoisotopic (exact) mass is 671 g/mol. The second-order valence-corrected chi connectivity index (χ2v) is 10.7. The van der Waals surface area contributed by atoms with Crippen molar-refractivity contribution < 1.29 is 64.7 Å². The van der Waals surface area contributed by atoms with Gasteiger partial charge in [-0.05, 0) is 48.5 Å². The lowest BCUT2D eigenvalue weighted by atomic mass is 9.93. The van der Waals surface area contributed by atoms with Gasteiger partial charge in [0.1, 0.15) is 40.4 Å². The van der Waals surface area contributed by atoms with E-state index in [9.17, 15) is 50.4 Å². The molecule has 0 radical (unpaired) electrons. The first kappa shape index (κ1) is 33.4. The Labute approximate surface area is 277 Å². The van der Waals surface area contributed by atoms with Crippen LogP contribution in [0, 0.1) is 0 Å². The molecule has 0 bridgehead atoms. The largest absolute Gasteiger partial charge is 0.508 e. The van der Waals surface area contributed by atoms with E-state index in [-0.39, 0.29) is 51.9 Å². The number of esters is 2. The molecule has 6 rings (SSSR count). The first-order chi connectivity index (χ1) is 23.3. The Morgan fingerprint density at radius 2 is 1.37 bits per heavy atom. The standard InChI is InChI=1S/C22H18O10.C13H11NO3/c23-11-6-14(25)12-8-19(32-22(30)10-4-16(27)20(29)17(28)5-10)21(31-18(12)7-11)9-1-2-13(24)15(26)3-9;14-9-6-7-11(12(15)8-9)13(16)17-10-4-2-1-3-5-10/h1-7,19,21,23-29H,8H2;1-8,15H,14H2. The molecule has 2 unspecified atom stereocenters. The van der Waals surface area contributed by atoms with Crippen LogP contribution < -0.4 is 15.2 Å². The molecule has 0 spiro atoms. The van der Waals surface area contributed by atoms with Gasteiger partial charge in [-0.15, -0.1) is 0 Å². The lowest BCUT2D eigenvalue weighted by Gasteiger charge is -2.34. The van der Waals surface area contributed by atoms with Gasteiger partial charge in [-0.25, -0.2) is 9.59 Å². The number of phenols is 8. The molecular weight excluding hydrogens is 642 g/mol. The van der Waals surface area contributed by atoms with E-state index in [1.54, 1.807) is 24.3 Å². The molecular formula is C35H29NO13. The molecule has 14 heteroatoms. The van der Waals surface area contributed by atoms with Crippen LogP contribution in [-0.4, -0.2) is 58.9 Å². The van der Waals surface area contributed by atoms with Crippen molar-refractivity contribution in [3.05, 3.63) is 113 Å². The number of aromatic hydroxyl groups is 8. The molecule has 0 aromatic heterocycles. The lowest BCUT2D eigenvalue weighted by Crippen LogP contribution is -2.34. The Morgan fingerprint density at radius 3 is 2.02 bits per heavy atom. The van der Waals surface area contributed by atoms with Gasteiger partial charge in [-0.2, -0.15) is 0 Å². The van der Waals surface area contributed by atoms with Gasteiger partial charge in [0, 0.05) is 41.4 Å². The zero-order valence-corrected chi connectivity index (χ0v) is 25.2. The first-order valence-electron chi connectivity index (χ1n) is 14.4. The van der Waals surface area contributed by atoms with Crippen LogP contribution in [0.15, 0.2) is 91.0 Å². The van der Waals surface area contributed by atoms with E-state index < -0.39 is 47.1 Å². The molecule has 5 aromatic rings.